The third-order valence-corrected chi connectivity index (χ3v) is 4.33. The summed E-state index contributed by atoms with van der Waals surface area (Å²) in [6, 6.07) is 10.7. The number of rotatable bonds is 5. The fraction of sp³-hybridized carbons (Fsp3) is 0.632. The van der Waals surface area contributed by atoms with Crippen molar-refractivity contribution < 1.29 is 4.74 Å². The number of ether oxygens (including phenoxy) is 1. The molecular formula is C19H27NO. The average molecular weight is 285 g/mol. The van der Waals surface area contributed by atoms with E-state index < -0.39 is 0 Å². The SMILES string of the molecule is CC(C)COc1ccc(C(C#N)C2CCCCCC2)cc1. The summed E-state index contributed by atoms with van der Waals surface area (Å²) in [5.41, 5.74) is 1.15. The van der Waals surface area contributed by atoms with Crippen LogP contribution in [0.25, 0.3) is 0 Å². The van der Waals surface area contributed by atoms with Gasteiger partial charge in [-0.05, 0) is 42.4 Å². The van der Waals surface area contributed by atoms with E-state index in [0.29, 0.717) is 11.8 Å². The van der Waals surface area contributed by atoms with E-state index in [9.17, 15) is 5.26 Å². The Kier molecular flexibility index (Phi) is 6.11. The first-order chi connectivity index (χ1) is 10.2. The number of hydrogen-bond acceptors (Lipinski definition) is 2. The Bertz CT molecular complexity index is 449. The average Bonchev–Trinajstić information content (AvgIpc) is 2.76. The smallest absolute Gasteiger partial charge is 0.119 e. The van der Waals surface area contributed by atoms with Gasteiger partial charge in [0.2, 0.25) is 0 Å². The maximum atomic E-state index is 9.59. The van der Waals surface area contributed by atoms with Gasteiger partial charge < -0.3 is 4.74 Å². The molecule has 1 unspecified atom stereocenters. The molecule has 0 radical (unpaired) electrons. The van der Waals surface area contributed by atoms with Crippen LogP contribution in [0.4, 0.5) is 0 Å². The van der Waals surface area contributed by atoms with Gasteiger partial charge in [-0.3, -0.25) is 0 Å². The van der Waals surface area contributed by atoms with Crippen LogP contribution in [0.1, 0.15) is 63.9 Å². The van der Waals surface area contributed by atoms with E-state index >= 15 is 0 Å². The summed E-state index contributed by atoms with van der Waals surface area (Å²) in [7, 11) is 0. The van der Waals surface area contributed by atoms with Gasteiger partial charge >= 0.3 is 0 Å². The van der Waals surface area contributed by atoms with Crippen LogP contribution in [0.2, 0.25) is 0 Å². The maximum Gasteiger partial charge on any atom is 0.119 e. The molecule has 0 aliphatic heterocycles. The second-order valence-corrected chi connectivity index (χ2v) is 6.63. The van der Waals surface area contributed by atoms with Crippen LogP contribution in [0.15, 0.2) is 24.3 Å². The summed E-state index contributed by atoms with van der Waals surface area (Å²) in [5.74, 6) is 2.01. The summed E-state index contributed by atoms with van der Waals surface area (Å²) < 4.78 is 5.72. The van der Waals surface area contributed by atoms with Crippen molar-refractivity contribution in [2.75, 3.05) is 6.61 Å². The van der Waals surface area contributed by atoms with Crippen LogP contribution in [-0.4, -0.2) is 6.61 Å². The van der Waals surface area contributed by atoms with Crippen molar-refractivity contribution in [2.24, 2.45) is 11.8 Å². The first-order valence-electron chi connectivity index (χ1n) is 8.33. The Morgan fingerprint density at radius 2 is 1.71 bits per heavy atom. The molecule has 0 saturated heterocycles. The number of hydrogen-bond donors (Lipinski definition) is 0. The van der Waals surface area contributed by atoms with E-state index in [1.807, 2.05) is 12.1 Å². The Labute approximate surface area is 129 Å². The molecule has 1 aromatic carbocycles. The van der Waals surface area contributed by atoms with Crippen molar-refractivity contribution in [3.63, 3.8) is 0 Å². The van der Waals surface area contributed by atoms with Gasteiger partial charge in [0.05, 0.1) is 18.6 Å². The molecule has 2 rings (SSSR count). The van der Waals surface area contributed by atoms with Crippen molar-refractivity contribution in [2.45, 2.75) is 58.3 Å². The molecule has 2 heteroatoms. The maximum absolute atomic E-state index is 9.59. The predicted molar refractivity (Wildman–Crippen MR) is 86.3 cm³/mol. The molecule has 1 fully saturated rings. The van der Waals surface area contributed by atoms with Crippen molar-refractivity contribution in [1.29, 1.82) is 5.26 Å². The third-order valence-electron chi connectivity index (χ3n) is 4.33. The molecule has 0 heterocycles. The first kappa shape index (κ1) is 15.9. The monoisotopic (exact) mass is 285 g/mol. The molecule has 0 spiro atoms. The first-order valence-corrected chi connectivity index (χ1v) is 8.33. The van der Waals surface area contributed by atoms with Gasteiger partial charge in [0.15, 0.2) is 0 Å². The summed E-state index contributed by atoms with van der Waals surface area (Å²) in [6.07, 6.45) is 7.61. The highest BCUT2D eigenvalue weighted by atomic mass is 16.5. The van der Waals surface area contributed by atoms with E-state index in [1.54, 1.807) is 0 Å². The summed E-state index contributed by atoms with van der Waals surface area (Å²) in [6.45, 7) is 5.03. The quantitative estimate of drug-likeness (QED) is 0.688. The van der Waals surface area contributed by atoms with E-state index in [0.717, 1.165) is 17.9 Å². The van der Waals surface area contributed by atoms with Crippen molar-refractivity contribution in [3.8, 4) is 11.8 Å². The van der Waals surface area contributed by atoms with Crippen LogP contribution in [0, 0.1) is 23.2 Å². The molecule has 0 aromatic heterocycles. The minimum absolute atomic E-state index is 0.0437. The molecule has 0 N–H and O–H groups in total. The van der Waals surface area contributed by atoms with Crippen LogP contribution >= 0.6 is 0 Å². The molecule has 1 aromatic rings. The van der Waals surface area contributed by atoms with Gasteiger partial charge in [0, 0.05) is 0 Å². The topological polar surface area (TPSA) is 33.0 Å². The van der Waals surface area contributed by atoms with Crippen LogP contribution < -0.4 is 4.74 Å². The molecule has 114 valence electrons. The van der Waals surface area contributed by atoms with Gasteiger partial charge in [-0.1, -0.05) is 51.7 Å². The van der Waals surface area contributed by atoms with Crippen LogP contribution in [0.3, 0.4) is 0 Å². The number of nitriles is 1. The Morgan fingerprint density at radius 3 is 2.24 bits per heavy atom. The zero-order valence-electron chi connectivity index (χ0n) is 13.3. The summed E-state index contributed by atoms with van der Waals surface area (Å²) >= 11 is 0. The van der Waals surface area contributed by atoms with E-state index in [2.05, 4.69) is 32.0 Å². The lowest BCUT2D eigenvalue weighted by Gasteiger charge is -2.20. The fourth-order valence-electron chi connectivity index (χ4n) is 3.13. The van der Waals surface area contributed by atoms with Crippen LogP contribution in [-0.2, 0) is 0 Å². The second kappa shape index (κ2) is 8.08. The Morgan fingerprint density at radius 1 is 1.10 bits per heavy atom. The lowest BCUT2D eigenvalue weighted by molar-refractivity contribution is 0.271. The minimum atomic E-state index is 0.0437. The highest BCUT2D eigenvalue weighted by Crippen LogP contribution is 2.35. The Balaban J connectivity index is 2.02. The molecule has 2 nitrogen and oxygen atoms in total. The molecule has 0 amide bonds. The number of benzene rings is 1. The van der Waals surface area contributed by atoms with Gasteiger partial charge in [-0.15, -0.1) is 0 Å². The van der Waals surface area contributed by atoms with Crippen molar-refractivity contribution in [3.05, 3.63) is 29.8 Å². The second-order valence-electron chi connectivity index (χ2n) is 6.63. The van der Waals surface area contributed by atoms with Gasteiger partial charge in [-0.2, -0.15) is 5.26 Å². The third kappa shape index (κ3) is 4.77. The minimum Gasteiger partial charge on any atom is -0.493 e. The molecule has 1 saturated carbocycles. The predicted octanol–water partition coefficient (Wildman–Crippen LogP) is 5.30. The van der Waals surface area contributed by atoms with Gasteiger partial charge in [0.1, 0.15) is 5.75 Å². The van der Waals surface area contributed by atoms with E-state index in [-0.39, 0.29) is 5.92 Å². The zero-order valence-corrected chi connectivity index (χ0v) is 13.3. The summed E-state index contributed by atoms with van der Waals surface area (Å²) in [5, 5.41) is 9.59. The van der Waals surface area contributed by atoms with Gasteiger partial charge in [0.25, 0.3) is 0 Å². The molecule has 1 atom stereocenters. The van der Waals surface area contributed by atoms with E-state index in [1.165, 1.54) is 38.5 Å². The number of nitrogens with zero attached hydrogens (tertiary/aromatic N) is 1. The summed E-state index contributed by atoms with van der Waals surface area (Å²) in [4.78, 5) is 0. The Hall–Kier alpha value is -1.49. The fourth-order valence-corrected chi connectivity index (χ4v) is 3.13. The van der Waals surface area contributed by atoms with Crippen molar-refractivity contribution in [1.82, 2.24) is 0 Å². The molecule has 21 heavy (non-hydrogen) atoms. The molecule has 1 aliphatic rings. The van der Waals surface area contributed by atoms with Gasteiger partial charge in [-0.25, -0.2) is 0 Å². The largest absolute Gasteiger partial charge is 0.493 e. The highest BCUT2D eigenvalue weighted by molar-refractivity contribution is 5.32. The molecular weight excluding hydrogens is 258 g/mol. The lowest BCUT2D eigenvalue weighted by atomic mass is 9.82. The van der Waals surface area contributed by atoms with Crippen molar-refractivity contribution >= 4 is 0 Å². The molecule has 0 bridgehead atoms. The van der Waals surface area contributed by atoms with Crippen LogP contribution in [0.5, 0.6) is 5.75 Å². The molecule has 1 aliphatic carbocycles. The zero-order chi connectivity index (χ0) is 15.1. The highest BCUT2D eigenvalue weighted by Gasteiger charge is 2.24. The standard InChI is InChI=1S/C19H27NO/c1-15(2)14-21-18-11-9-17(10-12-18)19(13-20)16-7-5-3-4-6-8-16/h9-12,15-16,19H,3-8,14H2,1-2H3. The van der Waals surface area contributed by atoms with E-state index in [4.69, 9.17) is 4.74 Å². The lowest BCUT2D eigenvalue weighted by Crippen LogP contribution is -2.11. The normalized spacial score (nSPS) is 18.0.